The highest BCUT2D eigenvalue weighted by Gasteiger charge is 2.35. The molecule has 2 heterocycles. The molecular formula is C17H17F3N6. The Morgan fingerprint density at radius 2 is 1.92 bits per heavy atom. The van der Waals surface area contributed by atoms with Gasteiger partial charge >= 0.3 is 6.18 Å². The van der Waals surface area contributed by atoms with E-state index >= 15 is 0 Å². The lowest BCUT2D eigenvalue weighted by Gasteiger charge is -2.14. The van der Waals surface area contributed by atoms with Crippen LogP contribution in [0.4, 0.5) is 30.6 Å². The van der Waals surface area contributed by atoms with Crippen LogP contribution in [-0.2, 0) is 13.2 Å². The maximum atomic E-state index is 12.9. The summed E-state index contributed by atoms with van der Waals surface area (Å²) in [6.45, 7) is 1.89. The predicted molar refractivity (Wildman–Crippen MR) is 93.2 cm³/mol. The third-order valence-corrected chi connectivity index (χ3v) is 3.92. The van der Waals surface area contributed by atoms with Crippen molar-refractivity contribution in [3.8, 4) is 11.3 Å². The number of rotatable bonds is 4. The van der Waals surface area contributed by atoms with Gasteiger partial charge in [-0.2, -0.15) is 18.2 Å². The molecule has 3 rings (SSSR count). The third kappa shape index (κ3) is 3.46. The summed E-state index contributed by atoms with van der Waals surface area (Å²) in [5, 5.41) is 5.42. The monoisotopic (exact) mass is 362 g/mol. The first kappa shape index (κ1) is 17.7. The molecule has 0 saturated heterocycles. The van der Waals surface area contributed by atoms with Gasteiger partial charge < -0.3 is 15.2 Å². The number of hydrogen-bond donors (Lipinski definition) is 2. The fraction of sp³-hybridized carbons (Fsp3) is 0.235. The van der Waals surface area contributed by atoms with Crippen molar-refractivity contribution in [2.75, 3.05) is 17.7 Å². The minimum absolute atomic E-state index is 0.0822. The van der Waals surface area contributed by atoms with Crippen molar-refractivity contribution in [3.05, 3.63) is 48.0 Å². The van der Waals surface area contributed by atoms with Crippen molar-refractivity contribution in [1.29, 1.82) is 0 Å². The number of nitrogens with zero attached hydrogens (tertiary/aromatic N) is 4. The number of benzene rings is 1. The Morgan fingerprint density at radius 3 is 2.50 bits per heavy atom. The Hall–Kier alpha value is -3.10. The summed E-state index contributed by atoms with van der Waals surface area (Å²) < 4.78 is 40.7. The summed E-state index contributed by atoms with van der Waals surface area (Å²) in [5.74, 6) is -0.196. The maximum Gasteiger partial charge on any atom is 0.421 e. The highest BCUT2D eigenvalue weighted by atomic mass is 19.4. The highest BCUT2D eigenvalue weighted by molar-refractivity contribution is 5.68. The van der Waals surface area contributed by atoms with Gasteiger partial charge in [0.05, 0.1) is 18.2 Å². The first-order valence-electron chi connectivity index (χ1n) is 7.76. The summed E-state index contributed by atoms with van der Waals surface area (Å²) in [6.07, 6.45) is -0.274. The molecule has 0 radical (unpaired) electrons. The molecule has 136 valence electrons. The van der Waals surface area contributed by atoms with E-state index < -0.39 is 11.7 Å². The zero-order valence-corrected chi connectivity index (χ0v) is 14.4. The lowest BCUT2D eigenvalue weighted by molar-refractivity contribution is -0.137. The molecule has 26 heavy (non-hydrogen) atoms. The SMILES string of the molecule is CNc1nc(Nc2ccc(-c3cncn3C)cc2C)ncc1C(F)(F)F. The number of imidazole rings is 1. The van der Waals surface area contributed by atoms with E-state index in [4.69, 9.17) is 0 Å². The van der Waals surface area contributed by atoms with Crippen molar-refractivity contribution >= 4 is 17.5 Å². The van der Waals surface area contributed by atoms with Gasteiger partial charge in [0, 0.05) is 31.5 Å². The fourth-order valence-electron chi connectivity index (χ4n) is 2.56. The molecule has 0 bridgehead atoms. The van der Waals surface area contributed by atoms with E-state index in [2.05, 4.69) is 25.6 Å². The van der Waals surface area contributed by atoms with Crippen molar-refractivity contribution < 1.29 is 13.2 Å². The molecule has 0 aliphatic rings. The van der Waals surface area contributed by atoms with Gasteiger partial charge in [-0.25, -0.2) is 9.97 Å². The molecule has 9 heteroatoms. The van der Waals surface area contributed by atoms with Crippen LogP contribution < -0.4 is 10.6 Å². The van der Waals surface area contributed by atoms with Gasteiger partial charge in [-0.3, -0.25) is 0 Å². The van der Waals surface area contributed by atoms with E-state index in [1.54, 1.807) is 12.5 Å². The molecular weight excluding hydrogens is 345 g/mol. The standard InChI is InChI=1S/C17H17F3N6/c1-10-6-11(14-8-22-9-26(14)3)4-5-13(10)24-16-23-7-12(17(18,19)20)15(21-2)25-16/h4-9H,1-3H3,(H2,21,23,24,25). The summed E-state index contributed by atoms with van der Waals surface area (Å²) in [6, 6.07) is 5.69. The van der Waals surface area contributed by atoms with Crippen LogP contribution in [0.3, 0.4) is 0 Å². The molecule has 2 N–H and O–H groups in total. The number of nitrogens with one attached hydrogen (secondary N) is 2. The van der Waals surface area contributed by atoms with Crippen LogP contribution in [0.25, 0.3) is 11.3 Å². The molecule has 3 aromatic rings. The fourth-order valence-corrected chi connectivity index (χ4v) is 2.56. The van der Waals surface area contributed by atoms with Crippen LogP contribution in [0.5, 0.6) is 0 Å². The van der Waals surface area contributed by atoms with Crippen LogP contribution in [0, 0.1) is 6.92 Å². The zero-order valence-electron chi connectivity index (χ0n) is 14.4. The van der Waals surface area contributed by atoms with Crippen LogP contribution in [0.1, 0.15) is 11.1 Å². The smallest absolute Gasteiger partial charge is 0.372 e. The number of halogens is 3. The lowest BCUT2D eigenvalue weighted by Crippen LogP contribution is -2.12. The Bertz CT molecular complexity index is 932. The van der Waals surface area contributed by atoms with E-state index in [1.807, 2.05) is 36.7 Å². The van der Waals surface area contributed by atoms with Gasteiger partial charge in [0.15, 0.2) is 0 Å². The van der Waals surface area contributed by atoms with E-state index in [1.165, 1.54) is 7.05 Å². The quantitative estimate of drug-likeness (QED) is 0.735. The zero-order chi connectivity index (χ0) is 18.9. The molecule has 0 fully saturated rings. The Morgan fingerprint density at radius 1 is 1.15 bits per heavy atom. The minimum atomic E-state index is -4.52. The molecule has 1 aromatic carbocycles. The second-order valence-electron chi connectivity index (χ2n) is 5.75. The maximum absolute atomic E-state index is 12.9. The lowest BCUT2D eigenvalue weighted by atomic mass is 10.1. The normalized spacial score (nSPS) is 11.5. The van der Waals surface area contributed by atoms with E-state index in [0.717, 1.165) is 23.0 Å². The van der Waals surface area contributed by atoms with Gasteiger partial charge in [0.1, 0.15) is 11.4 Å². The van der Waals surface area contributed by atoms with Crippen LogP contribution in [0.15, 0.2) is 36.9 Å². The summed E-state index contributed by atoms with van der Waals surface area (Å²) in [5.41, 5.74) is 2.64. The third-order valence-electron chi connectivity index (χ3n) is 3.92. The van der Waals surface area contributed by atoms with Gasteiger partial charge in [-0.15, -0.1) is 0 Å². The van der Waals surface area contributed by atoms with Crippen LogP contribution >= 0.6 is 0 Å². The van der Waals surface area contributed by atoms with Crippen molar-refractivity contribution in [1.82, 2.24) is 19.5 Å². The number of hydrogen-bond acceptors (Lipinski definition) is 5. The molecule has 0 spiro atoms. The summed E-state index contributed by atoms with van der Waals surface area (Å²) >= 11 is 0. The first-order chi connectivity index (χ1) is 12.3. The predicted octanol–water partition coefficient (Wildman–Crippen LogP) is 3.99. The average Bonchev–Trinajstić information content (AvgIpc) is 3.01. The molecule has 0 atom stereocenters. The topological polar surface area (TPSA) is 67.7 Å². The molecule has 0 amide bonds. The van der Waals surface area contributed by atoms with Crippen molar-refractivity contribution in [3.63, 3.8) is 0 Å². The molecule has 0 unspecified atom stereocenters. The van der Waals surface area contributed by atoms with Gasteiger partial charge in [-0.05, 0) is 24.6 Å². The first-order valence-corrected chi connectivity index (χ1v) is 7.76. The number of alkyl halides is 3. The second kappa shape index (κ2) is 6.66. The average molecular weight is 362 g/mol. The largest absolute Gasteiger partial charge is 0.421 e. The van der Waals surface area contributed by atoms with E-state index in [9.17, 15) is 13.2 Å². The summed E-state index contributed by atoms with van der Waals surface area (Å²) in [4.78, 5) is 11.8. The molecule has 6 nitrogen and oxygen atoms in total. The molecule has 0 aliphatic carbocycles. The Kier molecular flexibility index (Phi) is 4.54. The number of aromatic nitrogens is 4. The van der Waals surface area contributed by atoms with Gasteiger partial charge in [0.2, 0.25) is 5.95 Å². The second-order valence-corrected chi connectivity index (χ2v) is 5.75. The van der Waals surface area contributed by atoms with Crippen LogP contribution in [0.2, 0.25) is 0 Å². The van der Waals surface area contributed by atoms with Gasteiger partial charge in [0.25, 0.3) is 0 Å². The van der Waals surface area contributed by atoms with Gasteiger partial charge in [-0.1, -0.05) is 6.07 Å². The Labute approximate surface area is 148 Å². The number of anilines is 3. The summed E-state index contributed by atoms with van der Waals surface area (Å²) in [7, 11) is 3.29. The van der Waals surface area contributed by atoms with Crippen molar-refractivity contribution in [2.45, 2.75) is 13.1 Å². The van der Waals surface area contributed by atoms with E-state index in [0.29, 0.717) is 5.69 Å². The molecule has 0 saturated carbocycles. The minimum Gasteiger partial charge on any atom is -0.372 e. The highest BCUT2D eigenvalue weighted by Crippen LogP contribution is 2.34. The van der Waals surface area contributed by atoms with Crippen LogP contribution in [-0.4, -0.2) is 26.6 Å². The van der Waals surface area contributed by atoms with Crippen molar-refractivity contribution in [2.24, 2.45) is 7.05 Å². The number of aryl methyl sites for hydroxylation is 2. The van der Waals surface area contributed by atoms with E-state index in [-0.39, 0.29) is 11.8 Å². The molecule has 0 aliphatic heterocycles. The Balaban J connectivity index is 1.89. The molecule has 2 aromatic heterocycles.